The van der Waals surface area contributed by atoms with Gasteiger partial charge < -0.3 is 4.57 Å². The minimum Gasteiger partial charge on any atom is -0.317 e. The summed E-state index contributed by atoms with van der Waals surface area (Å²) >= 11 is 2.44. The first-order valence-corrected chi connectivity index (χ1v) is 9.08. The first-order valence-electron chi connectivity index (χ1n) is 7.45. The van der Waals surface area contributed by atoms with Crippen LogP contribution in [0.5, 0.6) is 0 Å². The Morgan fingerprint density at radius 3 is 2.73 bits per heavy atom. The number of thiazole rings is 1. The minimum absolute atomic E-state index is 0.0300. The Hall–Kier alpha value is -2.91. The van der Waals surface area contributed by atoms with Crippen LogP contribution in [-0.4, -0.2) is 15.4 Å². The zero-order valence-corrected chi connectivity index (χ0v) is 14.9. The van der Waals surface area contributed by atoms with E-state index in [1.165, 1.54) is 40.9 Å². The van der Waals surface area contributed by atoms with Gasteiger partial charge >= 0.3 is 0 Å². The Morgan fingerprint density at radius 1 is 1.19 bits per heavy atom. The number of hydrogen-bond donors (Lipinski definition) is 0. The fraction of sp³-hybridized carbons (Fsp3) is 0.0588. The highest BCUT2D eigenvalue weighted by molar-refractivity contribution is 7.21. The van der Waals surface area contributed by atoms with Crippen molar-refractivity contribution in [3.8, 4) is 0 Å². The topological polar surface area (TPSA) is 77.5 Å². The van der Waals surface area contributed by atoms with Crippen LogP contribution in [0.2, 0.25) is 0 Å². The number of aryl methyl sites for hydroxylation is 1. The number of amides is 1. The molecule has 0 fully saturated rings. The number of carbonyl (C=O) groups excluding carboxylic acids is 1. The van der Waals surface area contributed by atoms with E-state index < -0.39 is 10.8 Å². The molecule has 0 atom stereocenters. The maximum atomic E-state index is 14.0. The molecular weight excluding hydrogens is 377 g/mol. The van der Waals surface area contributed by atoms with E-state index >= 15 is 0 Å². The van der Waals surface area contributed by atoms with Gasteiger partial charge in [-0.25, -0.2) is 4.39 Å². The maximum Gasteiger partial charge on any atom is 0.289 e. The zero-order chi connectivity index (χ0) is 18.4. The van der Waals surface area contributed by atoms with Gasteiger partial charge in [-0.1, -0.05) is 17.4 Å². The van der Waals surface area contributed by atoms with E-state index in [4.69, 9.17) is 0 Å². The number of hydrogen-bond acceptors (Lipinski definition) is 5. The third-order valence-electron chi connectivity index (χ3n) is 3.89. The number of para-hydroxylation sites is 1. The number of nitro benzene ring substituents is 1. The number of aromatic nitrogens is 1. The van der Waals surface area contributed by atoms with Crippen molar-refractivity contribution >= 4 is 54.6 Å². The zero-order valence-electron chi connectivity index (χ0n) is 13.3. The summed E-state index contributed by atoms with van der Waals surface area (Å²) in [5, 5.41) is 11.5. The molecule has 26 heavy (non-hydrogen) atoms. The van der Waals surface area contributed by atoms with Crippen LogP contribution in [0.25, 0.3) is 20.3 Å². The van der Waals surface area contributed by atoms with E-state index in [-0.39, 0.29) is 11.5 Å². The van der Waals surface area contributed by atoms with Crippen LogP contribution in [0.4, 0.5) is 10.1 Å². The van der Waals surface area contributed by atoms with Gasteiger partial charge in [0.05, 0.1) is 20.0 Å². The quantitative estimate of drug-likeness (QED) is 0.381. The number of nitrogens with zero attached hydrogens (tertiary/aromatic N) is 3. The summed E-state index contributed by atoms with van der Waals surface area (Å²) in [5.41, 5.74) is 0.369. The molecule has 0 saturated carbocycles. The van der Waals surface area contributed by atoms with Crippen LogP contribution in [0.1, 0.15) is 9.67 Å². The van der Waals surface area contributed by atoms with Crippen LogP contribution in [0.3, 0.4) is 0 Å². The van der Waals surface area contributed by atoms with Crippen molar-refractivity contribution in [2.45, 2.75) is 0 Å². The van der Waals surface area contributed by atoms with E-state index in [2.05, 4.69) is 4.99 Å². The number of rotatable bonds is 2. The summed E-state index contributed by atoms with van der Waals surface area (Å²) in [6.07, 6.45) is 0. The summed E-state index contributed by atoms with van der Waals surface area (Å²) in [5.74, 6) is -0.833. The van der Waals surface area contributed by atoms with Gasteiger partial charge in [0.1, 0.15) is 5.82 Å². The number of fused-ring (bicyclic) bond motifs is 2. The van der Waals surface area contributed by atoms with Gasteiger partial charge in [0.15, 0.2) is 4.80 Å². The molecule has 1 amide bonds. The highest BCUT2D eigenvalue weighted by atomic mass is 32.1. The molecular formula is C17H10FN3O3S2. The molecule has 9 heteroatoms. The van der Waals surface area contributed by atoms with Crippen LogP contribution in [0.15, 0.2) is 47.5 Å². The average molecular weight is 387 g/mol. The minimum atomic E-state index is -0.477. The lowest BCUT2D eigenvalue weighted by Gasteiger charge is -1.96. The summed E-state index contributed by atoms with van der Waals surface area (Å²) in [6, 6.07) is 10.8. The van der Waals surface area contributed by atoms with Crippen molar-refractivity contribution in [2.75, 3.05) is 0 Å². The molecule has 0 aliphatic heterocycles. The number of thiophene rings is 1. The highest BCUT2D eigenvalue weighted by Gasteiger charge is 2.14. The van der Waals surface area contributed by atoms with Gasteiger partial charge in [-0.15, -0.1) is 11.3 Å². The Labute approximate surface area is 153 Å². The van der Waals surface area contributed by atoms with E-state index in [9.17, 15) is 19.3 Å². The van der Waals surface area contributed by atoms with Crippen LogP contribution >= 0.6 is 22.7 Å². The lowest BCUT2D eigenvalue weighted by atomic mass is 10.2. The molecule has 0 aliphatic carbocycles. The second-order valence-corrected chi connectivity index (χ2v) is 7.63. The Balaban J connectivity index is 1.80. The molecule has 0 unspecified atom stereocenters. The normalized spacial score (nSPS) is 12.2. The van der Waals surface area contributed by atoms with Gasteiger partial charge in [-0.2, -0.15) is 4.99 Å². The van der Waals surface area contributed by atoms with Gasteiger partial charge in [-0.05, 0) is 24.3 Å². The monoisotopic (exact) mass is 387 g/mol. The summed E-state index contributed by atoms with van der Waals surface area (Å²) in [4.78, 5) is 27.8. The standard InChI is InChI=1S/C17H10FN3O3S2/c1-20-15-11(18)3-2-4-13(15)26-17(20)19-16(22)14-8-9-7-10(21(23)24)5-6-12(9)25-14/h2-8H,1H3. The van der Waals surface area contributed by atoms with Crippen molar-refractivity contribution in [1.29, 1.82) is 0 Å². The van der Waals surface area contributed by atoms with Gasteiger partial charge in [0.2, 0.25) is 0 Å². The summed E-state index contributed by atoms with van der Waals surface area (Å²) in [6.45, 7) is 0. The molecule has 4 rings (SSSR count). The average Bonchev–Trinajstić information content (AvgIpc) is 3.16. The highest BCUT2D eigenvalue weighted by Crippen LogP contribution is 2.29. The fourth-order valence-electron chi connectivity index (χ4n) is 2.66. The van der Waals surface area contributed by atoms with E-state index in [1.807, 2.05) is 0 Å². The van der Waals surface area contributed by atoms with Crippen molar-refractivity contribution in [1.82, 2.24) is 4.57 Å². The van der Waals surface area contributed by atoms with Gasteiger partial charge in [0.25, 0.3) is 11.6 Å². The van der Waals surface area contributed by atoms with Crippen molar-refractivity contribution < 1.29 is 14.1 Å². The SMILES string of the molecule is Cn1c(=NC(=O)c2cc3cc([N+](=O)[O-])ccc3s2)sc2cccc(F)c21. The van der Waals surface area contributed by atoms with E-state index in [0.29, 0.717) is 25.3 Å². The molecule has 2 aromatic heterocycles. The second kappa shape index (κ2) is 6.11. The predicted octanol–water partition coefficient (Wildman–Crippen LogP) is 4.24. The maximum absolute atomic E-state index is 14.0. The van der Waals surface area contributed by atoms with Gasteiger partial charge in [0, 0.05) is 29.3 Å². The largest absolute Gasteiger partial charge is 0.317 e. The first-order chi connectivity index (χ1) is 12.4. The lowest BCUT2D eigenvalue weighted by Crippen LogP contribution is -2.13. The molecule has 0 radical (unpaired) electrons. The number of carbonyl (C=O) groups is 1. The Bertz CT molecular complexity index is 1270. The Kier molecular flexibility index (Phi) is 3.89. The third kappa shape index (κ3) is 2.71. The number of non-ortho nitro benzene ring substituents is 1. The predicted molar refractivity (Wildman–Crippen MR) is 99.1 cm³/mol. The van der Waals surface area contributed by atoms with Crippen molar-refractivity contribution in [2.24, 2.45) is 12.0 Å². The van der Waals surface area contributed by atoms with Crippen LogP contribution in [0, 0.1) is 15.9 Å². The number of halogens is 1. The molecule has 2 heterocycles. The summed E-state index contributed by atoms with van der Waals surface area (Å²) < 4.78 is 17.0. The Morgan fingerprint density at radius 2 is 2.00 bits per heavy atom. The van der Waals surface area contributed by atoms with Crippen molar-refractivity contribution in [3.63, 3.8) is 0 Å². The van der Waals surface area contributed by atoms with Gasteiger partial charge in [-0.3, -0.25) is 14.9 Å². The summed E-state index contributed by atoms with van der Waals surface area (Å²) in [7, 11) is 1.66. The molecule has 2 aromatic carbocycles. The van der Waals surface area contributed by atoms with Crippen LogP contribution in [-0.2, 0) is 7.05 Å². The van der Waals surface area contributed by atoms with E-state index in [1.54, 1.807) is 35.9 Å². The van der Waals surface area contributed by atoms with Crippen LogP contribution < -0.4 is 4.80 Å². The van der Waals surface area contributed by atoms with Crippen molar-refractivity contribution in [3.05, 3.63) is 68.1 Å². The number of benzene rings is 2. The fourth-order valence-corrected chi connectivity index (χ4v) is 4.61. The first kappa shape index (κ1) is 16.6. The molecule has 6 nitrogen and oxygen atoms in total. The second-order valence-electron chi connectivity index (χ2n) is 5.54. The molecule has 130 valence electrons. The molecule has 0 spiro atoms. The number of nitro groups is 1. The third-order valence-corrected chi connectivity index (χ3v) is 6.09. The molecule has 0 saturated heterocycles. The molecule has 0 aliphatic rings. The van der Waals surface area contributed by atoms with E-state index in [0.717, 1.165) is 4.70 Å². The molecule has 0 N–H and O–H groups in total. The molecule has 0 bridgehead atoms. The smallest absolute Gasteiger partial charge is 0.289 e. The lowest BCUT2D eigenvalue weighted by molar-refractivity contribution is -0.384. The molecule has 4 aromatic rings.